The Balaban J connectivity index is 1.86. The van der Waals surface area contributed by atoms with Gasteiger partial charge in [-0.1, -0.05) is 20.8 Å². The molecular weight excluding hydrogens is 356 g/mol. The molecule has 1 aromatic rings. The Morgan fingerprint density at radius 1 is 1.14 bits per heavy atom. The number of ketones is 1. The third-order valence-electron chi connectivity index (χ3n) is 5.48. The summed E-state index contributed by atoms with van der Waals surface area (Å²) in [6, 6.07) is 5.14. The van der Waals surface area contributed by atoms with E-state index in [0.717, 1.165) is 25.9 Å². The average Bonchev–Trinajstić information content (AvgIpc) is 2.64. The standard InChI is InChI=1S/C22H30N2O4/c1-5-6-19(25)17-7-8-20-18(10-17)24(22(27)16(4)28-20)13-21(26)23-11-14(2)9-15(3)12-23/h7-8,10,14-16H,5-6,9,11-13H2,1-4H3. The predicted octanol–water partition coefficient (Wildman–Crippen LogP) is 3.29. The summed E-state index contributed by atoms with van der Waals surface area (Å²) < 4.78 is 5.70. The average molecular weight is 386 g/mol. The Hall–Kier alpha value is -2.37. The van der Waals surface area contributed by atoms with Crippen LogP contribution in [-0.4, -0.2) is 48.2 Å². The van der Waals surface area contributed by atoms with Crippen molar-refractivity contribution in [2.24, 2.45) is 11.8 Å². The van der Waals surface area contributed by atoms with E-state index < -0.39 is 6.10 Å². The van der Waals surface area contributed by atoms with Gasteiger partial charge in [0, 0.05) is 25.1 Å². The van der Waals surface area contributed by atoms with E-state index in [1.54, 1.807) is 25.1 Å². The lowest BCUT2D eigenvalue weighted by atomic mass is 9.92. The van der Waals surface area contributed by atoms with Crippen molar-refractivity contribution in [3.8, 4) is 5.75 Å². The van der Waals surface area contributed by atoms with Crippen molar-refractivity contribution in [1.82, 2.24) is 4.90 Å². The molecule has 2 amide bonds. The number of likely N-dealkylation sites (tertiary alicyclic amines) is 1. The van der Waals surface area contributed by atoms with Crippen LogP contribution in [0.5, 0.6) is 5.75 Å². The predicted molar refractivity (Wildman–Crippen MR) is 108 cm³/mol. The number of ether oxygens (including phenoxy) is 1. The highest BCUT2D eigenvalue weighted by molar-refractivity contribution is 6.05. The molecule has 0 radical (unpaired) electrons. The maximum atomic E-state index is 13.0. The number of piperidine rings is 1. The first kappa shape index (κ1) is 20.4. The van der Waals surface area contributed by atoms with E-state index in [-0.39, 0.29) is 24.1 Å². The molecule has 0 aromatic heterocycles. The molecule has 0 bridgehead atoms. The number of carbonyl (C=O) groups is 3. The molecule has 0 saturated carbocycles. The topological polar surface area (TPSA) is 66.9 Å². The molecule has 0 aliphatic carbocycles. The van der Waals surface area contributed by atoms with Gasteiger partial charge < -0.3 is 9.64 Å². The van der Waals surface area contributed by atoms with Crippen LogP contribution in [0.1, 0.15) is 57.3 Å². The summed E-state index contributed by atoms with van der Waals surface area (Å²) in [5.74, 6) is 1.17. The summed E-state index contributed by atoms with van der Waals surface area (Å²) in [7, 11) is 0. The highest BCUT2D eigenvalue weighted by atomic mass is 16.5. The molecule has 2 aliphatic heterocycles. The number of fused-ring (bicyclic) bond motifs is 1. The van der Waals surface area contributed by atoms with Gasteiger partial charge in [0.25, 0.3) is 5.91 Å². The van der Waals surface area contributed by atoms with E-state index >= 15 is 0 Å². The molecular formula is C22H30N2O4. The van der Waals surface area contributed by atoms with Crippen LogP contribution in [-0.2, 0) is 9.59 Å². The van der Waals surface area contributed by atoms with Crippen molar-refractivity contribution in [1.29, 1.82) is 0 Å². The van der Waals surface area contributed by atoms with E-state index in [1.807, 2.05) is 11.8 Å². The van der Waals surface area contributed by atoms with Gasteiger partial charge in [0.15, 0.2) is 11.9 Å². The fourth-order valence-corrected chi connectivity index (χ4v) is 4.22. The van der Waals surface area contributed by atoms with Crippen LogP contribution in [0, 0.1) is 11.8 Å². The summed E-state index contributed by atoms with van der Waals surface area (Å²) >= 11 is 0. The van der Waals surface area contributed by atoms with Crippen molar-refractivity contribution < 1.29 is 19.1 Å². The van der Waals surface area contributed by atoms with Gasteiger partial charge >= 0.3 is 0 Å². The van der Waals surface area contributed by atoms with Crippen molar-refractivity contribution in [2.75, 3.05) is 24.5 Å². The quantitative estimate of drug-likeness (QED) is 0.729. The first-order valence-corrected chi connectivity index (χ1v) is 10.2. The van der Waals surface area contributed by atoms with Crippen molar-refractivity contribution in [3.05, 3.63) is 23.8 Å². The highest BCUT2D eigenvalue weighted by Crippen LogP contribution is 2.35. The summed E-state index contributed by atoms with van der Waals surface area (Å²) in [6.07, 6.45) is 1.67. The Morgan fingerprint density at radius 2 is 1.82 bits per heavy atom. The largest absolute Gasteiger partial charge is 0.479 e. The monoisotopic (exact) mass is 386 g/mol. The van der Waals surface area contributed by atoms with Gasteiger partial charge in [-0.05, 0) is 49.8 Å². The Morgan fingerprint density at radius 3 is 2.46 bits per heavy atom. The number of anilines is 1. The molecule has 0 spiro atoms. The maximum absolute atomic E-state index is 13.0. The number of Topliss-reactive ketones (excluding diaryl/α,β-unsaturated/α-hetero) is 1. The number of rotatable bonds is 5. The summed E-state index contributed by atoms with van der Waals surface area (Å²) in [5, 5.41) is 0. The van der Waals surface area contributed by atoms with Gasteiger partial charge in [-0.3, -0.25) is 19.3 Å². The van der Waals surface area contributed by atoms with Crippen LogP contribution in [0.15, 0.2) is 18.2 Å². The number of nitrogens with zero attached hydrogens (tertiary/aromatic N) is 2. The molecule has 1 aromatic carbocycles. The van der Waals surface area contributed by atoms with Gasteiger partial charge in [0.05, 0.1) is 5.69 Å². The fraction of sp³-hybridized carbons (Fsp3) is 0.591. The second-order valence-corrected chi connectivity index (χ2v) is 8.28. The number of hydrogen-bond donors (Lipinski definition) is 0. The number of benzene rings is 1. The summed E-state index contributed by atoms with van der Waals surface area (Å²) in [6.45, 7) is 9.36. The van der Waals surface area contributed by atoms with Crippen LogP contribution in [0.3, 0.4) is 0 Å². The third kappa shape index (κ3) is 4.21. The second-order valence-electron chi connectivity index (χ2n) is 8.28. The second kappa shape index (κ2) is 8.33. The van der Waals surface area contributed by atoms with Gasteiger partial charge in [-0.15, -0.1) is 0 Å². The first-order valence-electron chi connectivity index (χ1n) is 10.2. The van der Waals surface area contributed by atoms with Crippen LogP contribution < -0.4 is 9.64 Å². The maximum Gasteiger partial charge on any atom is 0.268 e. The normalized spacial score (nSPS) is 24.6. The molecule has 6 nitrogen and oxygen atoms in total. The van der Waals surface area contributed by atoms with Crippen LogP contribution in [0.4, 0.5) is 5.69 Å². The van der Waals surface area contributed by atoms with Gasteiger partial charge in [0.2, 0.25) is 5.91 Å². The van der Waals surface area contributed by atoms with Crippen LogP contribution in [0.2, 0.25) is 0 Å². The van der Waals surface area contributed by atoms with E-state index in [2.05, 4.69) is 13.8 Å². The van der Waals surface area contributed by atoms with Crippen molar-refractivity contribution >= 4 is 23.3 Å². The molecule has 152 valence electrons. The van der Waals surface area contributed by atoms with E-state index in [1.165, 1.54) is 4.90 Å². The first-order chi connectivity index (χ1) is 13.3. The Labute approximate surface area is 166 Å². The molecule has 2 heterocycles. The molecule has 0 N–H and O–H groups in total. The fourth-order valence-electron chi connectivity index (χ4n) is 4.22. The lowest BCUT2D eigenvalue weighted by Gasteiger charge is -2.38. The molecule has 1 saturated heterocycles. The number of carbonyl (C=O) groups excluding carboxylic acids is 3. The van der Waals surface area contributed by atoms with Crippen LogP contribution in [0.25, 0.3) is 0 Å². The van der Waals surface area contributed by atoms with E-state index in [0.29, 0.717) is 35.3 Å². The number of amides is 2. The molecule has 3 rings (SSSR count). The summed E-state index contributed by atoms with van der Waals surface area (Å²) in [4.78, 5) is 41.4. The molecule has 6 heteroatoms. The minimum Gasteiger partial charge on any atom is -0.479 e. The van der Waals surface area contributed by atoms with E-state index in [4.69, 9.17) is 4.74 Å². The smallest absolute Gasteiger partial charge is 0.268 e. The molecule has 28 heavy (non-hydrogen) atoms. The minimum absolute atomic E-state index is 0.0234. The van der Waals surface area contributed by atoms with Gasteiger partial charge in [-0.2, -0.15) is 0 Å². The third-order valence-corrected chi connectivity index (χ3v) is 5.48. The molecule has 3 unspecified atom stereocenters. The number of hydrogen-bond acceptors (Lipinski definition) is 4. The van der Waals surface area contributed by atoms with Crippen molar-refractivity contribution in [3.63, 3.8) is 0 Å². The minimum atomic E-state index is -0.656. The zero-order valence-corrected chi connectivity index (χ0v) is 17.2. The van der Waals surface area contributed by atoms with Crippen molar-refractivity contribution in [2.45, 2.75) is 53.1 Å². The zero-order valence-electron chi connectivity index (χ0n) is 17.2. The lowest BCUT2D eigenvalue weighted by Crippen LogP contribution is -2.51. The summed E-state index contributed by atoms with van der Waals surface area (Å²) in [5.41, 5.74) is 1.06. The molecule has 2 aliphatic rings. The lowest BCUT2D eigenvalue weighted by molar-refractivity contribution is -0.135. The SMILES string of the molecule is CCCC(=O)c1ccc2c(c1)N(CC(=O)N1CC(C)CC(C)C1)C(=O)C(C)O2. The van der Waals surface area contributed by atoms with Gasteiger partial charge in [0.1, 0.15) is 12.3 Å². The highest BCUT2D eigenvalue weighted by Gasteiger charge is 2.35. The molecule has 1 fully saturated rings. The van der Waals surface area contributed by atoms with Gasteiger partial charge in [-0.25, -0.2) is 0 Å². The van der Waals surface area contributed by atoms with E-state index in [9.17, 15) is 14.4 Å². The van der Waals surface area contributed by atoms with Crippen LogP contribution >= 0.6 is 0 Å². The molecule has 3 atom stereocenters. The Bertz CT molecular complexity index is 766. The Kier molecular flexibility index (Phi) is 6.06. The zero-order chi connectivity index (χ0) is 20.4.